The zero-order valence-corrected chi connectivity index (χ0v) is 10.1. The van der Waals surface area contributed by atoms with Gasteiger partial charge < -0.3 is 9.47 Å². The summed E-state index contributed by atoms with van der Waals surface area (Å²) < 4.78 is 95.2. The third kappa shape index (κ3) is 4.46. The van der Waals surface area contributed by atoms with Gasteiger partial charge in [-0.2, -0.15) is 13.2 Å². The van der Waals surface area contributed by atoms with E-state index in [1.807, 2.05) is 0 Å². The fraction of sp³-hybridized carbons (Fsp3) is 0.400. The van der Waals surface area contributed by atoms with Crippen LogP contribution in [-0.4, -0.2) is 24.4 Å². The molecule has 0 atom stereocenters. The van der Waals surface area contributed by atoms with E-state index in [-0.39, 0.29) is 6.20 Å². The molecule has 11 heteroatoms. The topological polar surface area (TPSA) is 48.4 Å². The summed E-state index contributed by atoms with van der Waals surface area (Å²) in [7, 11) is 0.821. The molecule has 118 valence electrons. The quantitative estimate of drug-likeness (QED) is 0.634. The lowest BCUT2D eigenvalue weighted by Crippen LogP contribution is -2.23. The van der Waals surface area contributed by atoms with Crippen LogP contribution in [0.2, 0.25) is 0 Å². The number of pyridine rings is 1. The number of ether oxygens (including phenoxy) is 2. The van der Waals surface area contributed by atoms with E-state index in [1.165, 1.54) is 0 Å². The van der Waals surface area contributed by atoms with Gasteiger partial charge >= 0.3 is 18.5 Å². The molecule has 0 fully saturated rings. The van der Waals surface area contributed by atoms with Gasteiger partial charge in [0, 0.05) is 5.56 Å². The van der Waals surface area contributed by atoms with Crippen LogP contribution in [0.5, 0.6) is 5.88 Å². The molecule has 1 aromatic rings. The molecule has 0 aromatic carbocycles. The van der Waals surface area contributed by atoms with E-state index in [1.54, 1.807) is 0 Å². The highest BCUT2D eigenvalue weighted by Crippen LogP contribution is 2.40. The lowest BCUT2D eigenvalue weighted by molar-refractivity contribution is -0.278. The van der Waals surface area contributed by atoms with Crippen LogP contribution in [0.3, 0.4) is 0 Å². The maximum Gasteiger partial charge on any atom is 0.574 e. The number of methoxy groups -OCH3 is 1. The van der Waals surface area contributed by atoms with Crippen molar-refractivity contribution in [1.29, 1.82) is 0 Å². The first-order valence-electron chi connectivity index (χ1n) is 5.03. The molecule has 0 bridgehead atoms. The number of rotatable bonds is 3. The minimum atomic E-state index is -5.46. The van der Waals surface area contributed by atoms with Gasteiger partial charge in [-0.15, -0.1) is 13.2 Å². The zero-order chi connectivity index (χ0) is 16.4. The Morgan fingerprint density at radius 3 is 2.24 bits per heavy atom. The standard InChI is InChI=1S/C10H6F7NO3/c1-20-6(19)2-4-5(11)3-18-8(21-10(15,16)17)7(4)9(12,13)14/h3H,2H2,1H3. The minimum Gasteiger partial charge on any atom is -0.469 e. The molecule has 21 heavy (non-hydrogen) atoms. The number of nitrogens with zero attached hydrogens (tertiary/aromatic N) is 1. The van der Waals surface area contributed by atoms with Crippen molar-refractivity contribution in [3.8, 4) is 5.88 Å². The van der Waals surface area contributed by atoms with E-state index in [4.69, 9.17) is 0 Å². The highest BCUT2D eigenvalue weighted by atomic mass is 19.4. The molecular formula is C10H6F7NO3. The van der Waals surface area contributed by atoms with Crippen molar-refractivity contribution < 1.29 is 45.0 Å². The Balaban J connectivity index is 3.46. The van der Waals surface area contributed by atoms with Crippen LogP contribution in [0.4, 0.5) is 30.7 Å². The number of carbonyl (C=O) groups is 1. The summed E-state index contributed by atoms with van der Waals surface area (Å²) in [4.78, 5) is 13.6. The maximum atomic E-state index is 13.4. The van der Waals surface area contributed by atoms with Crippen molar-refractivity contribution in [3.05, 3.63) is 23.1 Å². The molecule has 0 radical (unpaired) electrons. The third-order valence-corrected chi connectivity index (χ3v) is 2.14. The first-order chi connectivity index (χ1) is 9.45. The average molecular weight is 321 g/mol. The fourth-order valence-corrected chi connectivity index (χ4v) is 1.37. The van der Waals surface area contributed by atoms with Gasteiger partial charge in [-0.3, -0.25) is 4.79 Å². The van der Waals surface area contributed by atoms with E-state index in [2.05, 4.69) is 14.5 Å². The van der Waals surface area contributed by atoms with E-state index in [9.17, 15) is 35.5 Å². The van der Waals surface area contributed by atoms with E-state index >= 15 is 0 Å². The maximum absolute atomic E-state index is 13.4. The number of hydrogen-bond donors (Lipinski definition) is 0. The van der Waals surface area contributed by atoms with Gasteiger partial charge in [0.2, 0.25) is 5.88 Å². The molecule has 0 saturated carbocycles. The van der Waals surface area contributed by atoms with Crippen molar-refractivity contribution in [2.75, 3.05) is 7.11 Å². The molecule has 0 N–H and O–H groups in total. The predicted molar refractivity (Wildman–Crippen MR) is 51.6 cm³/mol. The number of halogens is 7. The van der Waals surface area contributed by atoms with Crippen molar-refractivity contribution in [3.63, 3.8) is 0 Å². The summed E-state index contributed by atoms with van der Waals surface area (Å²) >= 11 is 0. The second-order valence-corrected chi connectivity index (χ2v) is 3.56. The molecule has 1 rings (SSSR count). The number of alkyl halides is 6. The third-order valence-electron chi connectivity index (χ3n) is 2.14. The van der Waals surface area contributed by atoms with Crippen LogP contribution in [0.15, 0.2) is 6.20 Å². The highest BCUT2D eigenvalue weighted by molar-refractivity contribution is 5.73. The molecule has 0 unspecified atom stereocenters. The summed E-state index contributed by atoms with van der Waals surface area (Å²) in [6, 6.07) is 0. The van der Waals surface area contributed by atoms with Crippen LogP contribution in [0.1, 0.15) is 11.1 Å². The Hall–Kier alpha value is -2.07. The molecule has 1 heterocycles. The summed E-state index contributed by atoms with van der Waals surface area (Å²) in [5.41, 5.74) is -3.46. The van der Waals surface area contributed by atoms with Crippen LogP contribution < -0.4 is 4.74 Å². The Morgan fingerprint density at radius 1 is 1.24 bits per heavy atom. The molecular weight excluding hydrogens is 315 g/mol. The van der Waals surface area contributed by atoms with Crippen molar-refractivity contribution in [2.45, 2.75) is 19.0 Å². The van der Waals surface area contributed by atoms with Gasteiger partial charge in [0.05, 0.1) is 19.7 Å². The summed E-state index contributed by atoms with van der Waals surface area (Å²) in [6.45, 7) is 0. The predicted octanol–water partition coefficient (Wildman–Crippen LogP) is 2.85. The Labute approximate surface area is 112 Å². The first-order valence-corrected chi connectivity index (χ1v) is 5.03. The van der Waals surface area contributed by atoms with Gasteiger partial charge in [-0.1, -0.05) is 0 Å². The lowest BCUT2D eigenvalue weighted by atomic mass is 10.1. The molecule has 0 aliphatic carbocycles. The first kappa shape index (κ1) is 17.0. The Bertz CT molecular complexity index is 539. The molecule has 0 spiro atoms. The van der Waals surface area contributed by atoms with Crippen LogP contribution >= 0.6 is 0 Å². The van der Waals surface area contributed by atoms with Crippen molar-refractivity contribution in [2.24, 2.45) is 0 Å². The highest BCUT2D eigenvalue weighted by Gasteiger charge is 2.43. The van der Waals surface area contributed by atoms with Gasteiger partial charge in [-0.05, 0) is 0 Å². The number of hydrogen-bond acceptors (Lipinski definition) is 4. The van der Waals surface area contributed by atoms with Crippen LogP contribution in [0, 0.1) is 5.82 Å². The second kappa shape index (κ2) is 5.74. The largest absolute Gasteiger partial charge is 0.574 e. The molecule has 4 nitrogen and oxygen atoms in total. The number of esters is 1. The number of aromatic nitrogens is 1. The smallest absolute Gasteiger partial charge is 0.469 e. The SMILES string of the molecule is COC(=O)Cc1c(F)cnc(OC(F)(F)F)c1C(F)(F)F. The molecule has 0 aliphatic rings. The summed E-state index contributed by atoms with van der Waals surface area (Å²) in [6.07, 6.45) is -12.0. The van der Waals surface area contributed by atoms with Gasteiger partial charge in [-0.25, -0.2) is 9.37 Å². The normalized spacial score (nSPS) is 12.2. The van der Waals surface area contributed by atoms with Crippen molar-refractivity contribution >= 4 is 5.97 Å². The lowest BCUT2D eigenvalue weighted by Gasteiger charge is -2.17. The van der Waals surface area contributed by atoms with E-state index in [0.29, 0.717) is 0 Å². The Morgan fingerprint density at radius 2 is 1.81 bits per heavy atom. The van der Waals surface area contributed by atoms with Gasteiger partial charge in [0.1, 0.15) is 11.4 Å². The fourth-order valence-electron chi connectivity index (χ4n) is 1.37. The summed E-state index contributed by atoms with van der Waals surface area (Å²) in [5, 5.41) is 0. The van der Waals surface area contributed by atoms with Gasteiger partial charge in [0.15, 0.2) is 0 Å². The second-order valence-electron chi connectivity index (χ2n) is 3.56. The molecule has 1 aromatic heterocycles. The minimum absolute atomic E-state index is 0.0919. The monoisotopic (exact) mass is 321 g/mol. The Kier molecular flexibility index (Phi) is 4.64. The van der Waals surface area contributed by atoms with Crippen LogP contribution in [0.25, 0.3) is 0 Å². The summed E-state index contributed by atoms with van der Waals surface area (Å²) in [5.74, 6) is -4.78. The van der Waals surface area contributed by atoms with Gasteiger partial charge in [0.25, 0.3) is 0 Å². The molecule has 0 aliphatic heterocycles. The molecule has 0 saturated heterocycles. The average Bonchev–Trinajstić information content (AvgIpc) is 2.29. The number of carbonyl (C=O) groups excluding carboxylic acids is 1. The van der Waals surface area contributed by atoms with Crippen molar-refractivity contribution in [1.82, 2.24) is 4.98 Å². The van der Waals surface area contributed by atoms with E-state index < -0.39 is 47.8 Å². The van der Waals surface area contributed by atoms with Crippen LogP contribution in [-0.2, 0) is 22.1 Å². The zero-order valence-electron chi connectivity index (χ0n) is 10.1. The molecule has 0 amide bonds. The van der Waals surface area contributed by atoms with E-state index in [0.717, 1.165) is 7.11 Å².